The summed E-state index contributed by atoms with van der Waals surface area (Å²) in [7, 11) is 1.58. The molecule has 0 radical (unpaired) electrons. The number of thioether (sulfide) groups is 1. The smallest absolute Gasteiger partial charge is 0.242 e. The van der Waals surface area contributed by atoms with Crippen molar-refractivity contribution in [2.24, 2.45) is 0 Å². The molecule has 6 heteroatoms. The first-order valence-electron chi connectivity index (χ1n) is 7.94. The zero-order valence-electron chi connectivity index (χ0n) is 14.2. The van der Waals surface area contributed by atoms with Gasteiger partial charge in [0.1, 0.15) is 6.04 Å². The maximum Gasteiger partial charge on any atom is 0.242 e. The van der Waals surface area contributed by atoms with Crippen molar-refractivity contribution < 1.29 is 9.59 Å². The van der Waals surface area contributed by atoms with E-state index in [-0.39, 0.29) is 17.6 Å². The van der Waals surface area contributed by atoms with Gasteiger partial charge in [0.15, 0.2) is 0 Å². The quantitative estimate of drug-likeness (QED) is 0.751. The number of likely N-dealkylation sites (N-methyl/N-ethyl adjacent to an activating group) is 1. The highest BCUT2D eigenvalue weighted by Crippen LogP contribution is 2.21. The van der Waals surface area contributed by atoms with Gasteiger partial charge in [0.05, 0.1) is 5.75 Å². The molecule has 2 amide bonds. The minimum atomic E-state index is -0.538. The zero-order chi connectivity index (χ0) is 18.2. The predicted molar refractivity (Wildman–Crippen MR) is 103 cm³/mol. The lowest BCUT2D eigenvalue weighted by atomic mass is 10.1. The number of amides is 2. The molecule has 0 saturated heterocycles. The minimum absolute atomic E-state index is 0.0834. The van der Waals surface area contributed by atoms with Crippen LogP contribution in [0.3, 0.4) is 0 Å². The molecule has 2 aromatic carbocycles. The van der Waals surface area contributed by atoms with Crippen LogP contribution in [0.1, 0.15) is 12.5 Å². The van der Waals surface area contributed by atoms with E-state index in [1.54, 1.807) is 31.0 Å². The second kappa shape index (κ2) is 9.49. The summed E-state index contributed by atoms with van der Waals surface area (Å²) < 4.78 is 0. The Morgan fingerprint density at radius 1 is 1.12 bits per heavy atom. The van der Waals surface area contributed by atoms with Gasteiger partial charge in [0, 0.05) is 23.5 Å². The van der Waals surface area contributed by atoms with Crippen molar-refractivity contribution in [3.63, 3.8) is 0 Å². The highest BCUT2D eigenvalue weighted by atomic mass is 35.5. The Morgan fingerprint density at radius 3 is 2.36 bits per heavy atom. The molecule has 1 atom stereocenters. The summed E-state index contributed by atoms with van der Waals surface area (Å²) in [5.41, 5.74) is 0.989. The normalized spacial score (nSPS) is 11.6. The number of carbonyl (C=O) groups is 2. The number of benzene rings is 2. The Hall–Kier alpha value is -1.98. The van der Waals surface area contributed by atoms with Crippen LogP contribution in [0.4, 0.5) is 0 Å². The van der Waals surface area contributed by atoms with Gasteiger partial charge >= 0.3 is 0 Å². The molecule has 1 unspecified atom stereocenters. The number of carbonyl (C=O) groups excluding carboxylic acids is 2. The van der Waals surface area contributed by atoms with Crippen LogP contribution in [0.25, 0.3) is 0 Å². The van der Waals surface area contributed by atoms with Crippen LogP contribution in [-0.2, 0) is 16.1 Å². The molecule has 2 rings (SSSR count). The van der Waals surface area contributed by atoms with E-state index in [0.717, 1.165) is 10.5 Å². The minimum Gasteiger partial charge on any atom is -0.357 e. The van der Waals surface area contributed by atoms with Crippen molar-refractivity contribution in [2.45, 2.75) is 24.4 Å². The van der Waals surface area contributed by atoms with Crippen molar-refractivity contribution in [3.05, 3.63) is 65.2 Å². The summed E-state index contributed by atoms with van der Waals surface area (Å²) in [5.74, 6) is -0.00354. The number of hydrogen-bond donors (Lipinski definition) is 1. The molecular weight excluding hydrogens is 356 g/mol. The molecule has 25 heavy (non-hydrogen) atoms. The molecule has 4 nitrogen and oxygen atoms in total. The van der Waals surface area contributed by atoms with Crippen LogP contribution in [0.15, 0.2) is 59.5 Å². The van der Waals surface area contributed by atoms with E-state index in [1.165, 1.54) is 11.8 Å². The molecule has 0 aliphatic heterocycles. The van der Waals surface area contributed by atoms with Gasteiger partial charge in [0.2, 0.25) is 11.8 Å². The van der Waals surface area contributed by atoms with Crippen molar-refractivity contribution in [3.8, 4) is 0 Å². The Bertz CT molecular complexity index is 707. The van der Waals surface area contributed by atoms with Crippen LogP contribution in [0.2, 0.25) is 5.02 Å². The lowest BCUT2D eigenvalue weighted by molar-refractivity contribution is -0.138. The summed E-state index contributed by atoms with van der Waals surface area (Å²) in [4.78, 5) is 27.4. The summed E-state index contributed by atoms with van der Waals surface area (Å²) in [6, 6.07) is 16.5. The maximum absolute atomic E-state index is 12.7. The fourth-order valence-electron chi connectivity index (χ4n) is 2.33. The zero-order valence-corrected chi connectivity index (χ0v) is 15.8. The van der Waals surface area contributed by atoms with Crippen molar-refractivity contribution in [1.82, 2.24) is 10.2 Å². The predicted octanol–water partition coefficient (Wildman–Crippen LogP) is 3.60. The number of hydrogen-bond acceptors (Lipinski definition) is 3. The topological polar surface area (TPSA) is 49.4 Å². The number of nitrogens with zero attached hydrogens (tertiary/aromatic N) is 1. The Balaban J connectivity index is 2.08. The van der Waals surface area contributed by atoms with E-state index in [0.29, 0.717) is 11.6 Å². The molecule has 0 fully saturated rings. The van der Waals surface area contributed by atoms with Crippen LogP contribution in [0.5, 0.6) is 0 Å². The highest BCUT2D eigenvalue weighted by Gasteiger charge is 2.25. The molecule has 0 spiro atoms. The summed E-state index contributed by atoms with van der Waals surface area (Å²) in [5, 5.41) is 3.27. The lowest BCUT2D eigenvalue weighted by Crippen LogP contribution is -2.47. The monoisotopic (exact) mass is 376 g/mol. The first-order chi connectivity index (χ1) is 12.0. The Kier molecular flexibility index (Phi) is 7.34. The second-order valence-electron chi connectivity index (χ2n) is 5.54. The fraction of sp³-hybridized carbons (Fsp3) is 0.263. The summed E-state index contributed by atoms with van der Waals surface area (Å²) in [6.45, 7) is 2.14. The Labute approximate surface area is 157 Å². The molecule has 0 aliphatic carbocycles. The molecule has 0 saturated carbocycles. The van der Waals surface area contributed by atoms with Gasteiger partial charge in [-0.05, 0) is 36.8 Å². The van der Waals surface area contributed by atoms with Crippen molar-refractivity contribution >= 4 is 35.2 Å². The highest BCUT2D eigenvalue weighted by molar-refractivity contribution is 8.00. The van der Waals surface area contributed by atoms with Crippen LogP contribution >= 0.6 is 23.4 Å². The molecule has 0 heterocycles. The van der Waals surface area contributed by atoms with Crippen molar-refractivity contribution in [2.75, 3.05) is 12.8 Å². The fourth-order valence-corrected chi connectivity index (χ4v) is 3.24. The van der Waals surface area contributed by atoms with Gasteiger partial charge in [-0.25, -0.2) is 0 Å². The van der Waals surface area contributed by atoms with E-state index in [9.17, 15) is 9.59 Å². The van der Waals surface area contributed by atoms with Gasteiger partial charge in [-0.1, -0.05) is 41.9 Å². The molecule has 0 aromatic heterocycles. The first kappa shape index (κ1) is 19.3. The third-order valence-corrected chi connectivity index (χ3v) is 5.03. The molecule has 132 valence electrons. The van der Waals surface area contributed by atoms with E-state index in [1.807, 2.05) is 42.5 Å². The molecule has 0 aliphatic rings. The second-order valence-corrected chi connectivity index (χ2v) is 7.03. The molecule has 2 aromatic rings. The van der Waals surface area contributed by atoms with E-state index in [4.69, 9.17) is 11.6 Å². The van der Waals surface area contributed by atoms with Crippen LogP contribution < -0.4 is 5.32 Å². The maximum atomic E-state index is 12.7. The number of nitrogens with one attached hydrogen (secondary N) is 1. The number of halogens is 1. The van der Waals surface area contributed by atoms with Gasteiger partial charge in [-0.3, -0.25) is 9.59 Å². The average Bonchev–Trinajstić information content (AvgIpc) is 2.65. The van der Waals surface area contributed by atoms with E-state index >= 15 is 0 Å². The largest absolute Gasteiger partial charge is 0.357 e. The summed E-state index contributed by atoms with van der Waals surface area (Å²) >= 11 is 7.31. The van der Waals surface area contributed by atoms with Crippen molar-refractivity contribution in [1.29, 1.82) is 0 Å². The lowest BCUT2D eigenvalue weighted by Gasteiger charge is -2.28. The van der Waals surface area contributed by atoms with Gasteiger partial charge < -0.3 is 10.2 Å². The molecule has 1 N–H and O–H groups in total. The van der Waals surface area contributed by atoms with E-state index < -0.39 is 6.04 Å². The summed E-state index contributed by atoms with van der Waals surface area (Å²) in [6.07, 6.45) is 0. The molecule has 0 bridgehead atoms. The average molecular weight is 377 g/mol. The third kappa shape index (κ3) is 5.80. The van der Waals surface area contributed by atoms with Gasteiger partial charge in [-0.2, -0.15) is 0 Å². The van der Waals surface area contributed by atoms with E-state index in [2.05, 4.69) is 5.32 Å². The van der Waals surface area contributed by atoms with Gasteiger partial charge in [-0.15, -0.1) is 11.8 Å². The van der Waals surface area contributed by atoms with Crippen LogP contribution in [-0.4, -0.2) is 35.6 Å². The number of rotatable bonds is 7. The first-order valence-corrected chi connectivity index (χ1v) is 9.31. The van der Waals surface area contributed by atoms with Gasteiger partial charge in [0.25, 0.3) is 0 Å². The Morgan fingerprint density at radius 2 is 1.76 bits per heavy atom. The molecular formula is C19H21ClN2O2S. The third-order valence-electron chi connectivity index (χ3n) is 3.79. The SMILES string of the molecule is CNC(=O)C(C)N(Cc1ccccc1)C(=O)CSc1ccc(Cl)cc1. The standard InChI is InChI=1S/C19H21ClN2O2S/c1-14(19(24)21-2)22(12-15-6-4-3-5-7-15)18(23)13-25-17-10-8-16(20)9-11-17/h3-11,14H,12-13H2,1-2H3,(H,21,24). The van der Waals surface area contributed by atoms with Crippen LogP contribution in [0, 0.1) is 0 Å².